The summed E-state index contributed by atoms with van der Waals surface area (Å²) >= 11 is 0. The van der Waals surface area contributed by atoms with Gasteiger partial charge in [-0.25, -0.2) is 0 Å². The predicted molar refractivity (Wildman–Crippen MR) is 136 cm³/mol. The van der Waals surface area contributed by atoms with Gasteiger partial charge in [0.1, 0.15) is 6.29 Å². The molecule has 2 nitrogen and oxygen atoms in total. The van der Waals surface area contributed by atoms with Crippen LogP contribution in [0.25, 0.3) is 22.3 Å². The number of benzene rings is 4. The first kappa shape index (κ1) is 21.1. The molecule has 0 aliphatic heterocycles. The van der Waals surface area contributed by atoms with Gasteiger partial charge in [0.25, 0.3) is 0 Å². The summed E-state index contributed by atoms with van der Waals surface area (Å²) in [5.74, 6) is 0. The van der Waals surface area contributed by atoms with Crippen molar-refractivity contribution < 1.29 is 4.79 Å². The minimum absolute atomic E-state index is 0.0250. The summed E-state index contributed by atoms with van der Waals surface area (Å²) < 4.78 is 0. The predicted octanol–water partition coefficient (Wildman–Crippen LogP) is 7.07. The zero-order chi connectivity index (χ0) is 22.6. The van der Waals surface area contributed by atoms with E-state index in [2.05, 4.69) is 102 Å². The second kappa shape index (κ2) is 9.40. The van der Waals surface area contributed by atoms with E-state index >= 15 is 0 Å². The lowest BCUT2D eigenvalue weighted by Crippen LogP contribution is -2.39. The largest absolute Gasteiger partial charge is 0.302 e. The van der Waals surface area contributed by atoms with E-state index in [0.717, 1.165) is 6.29 Å². The lowest BCUT2D eigenvalue weighted by atomic mass is 9.91. The SMILES string of the molecule is C=CCC(C=O)N(Cc1ccccc1)C1c2ccccc2-c2cccc(-c3ccccc3)c21. The quantitative estimate of drug-likeness (QED) is 0.220. The Morgan fingerprint density at radius 3 is 2.12 bits per heavy atom. The lowest BCUT2D eigenvalue weighted by Gasteiger charge is -2.35. The van der Waals surface area contributed by atoms with Gasteiger partial charge in [-0.05, 0) is 45.4 Å². The van der Waals surface area contributed by atoms with Crippen LogP contribution in [0.15, 0.2) is 116 Å². The molecule has 1 aliphatic rings. The van der Waals surface area contributed by atoms with Crippen molar-refractivity contribution in [2.75, 3.05) is 0 Å². The van der Waals surface area contributed by atoms with Crippen molar-refractivity contribution in [3.05, 3.63) is 132 Å². The van der Waals surface area contributed by atoms with Gasteiger partial charge in [-0.1, -0.05) is 109 Å². The van der Waals surface area contributed by atoms with E-state index in [1.165, 1.54) is 38.9 Å². The van der Waals surface area contributed by atoms with E-state index in [1.54, 1.807) is 0 Å². The molecule has 2 heteroatoms. The highest BCUT2D eigenvalue weighted by molar-refractivity contribution is 5.86. The van der Waals surface area contributed by atoms with E-state index < -0.39 is 0 Å². The molecular weight excluding hydrogens is 402 g/mol. The first-order chi connectivity index (χ1) is 16.3. The highest BCUT2D eigenvalue weighted by Gasteiger charge is 2.37. The molecule has 0 N–H and O–H groups in total. The Balaban J connectivity index is 1.73. The summed E-state index contributed by atoms with van der Waals surface area (Å²) in [6, 6.07) is 35.8. The van der Waals surface area contributed by atoms with Gasteiger partial charge >= 0.3 is 0 Å². The van der Waals surface area contributed by atoms with Gasteiger partial charge in [-0.15, -0.1) is 6.58 Å². The van der Waals surface area contributed by atoms with Crippen LogP contribution in [-0.2, 0) is 11.3 Å². The summed E-state index contributed by atoms with van der Waals surface area (Å²) in [6.45, 7) is 4.61. The zero-order valence-corrected chi connectivity index (χ0v) is 18.6. The fraction of sp³-hybridized carbons (Fsp3) is 0.129. The van der Waals surface area contributed by atoms with Crippen molar-refractivity contribution >= 4 is 6.29 Å². The van der Waals surface area contributed by atoms with Gasteiger partial charge in [-0.3, -0.25) is 4.90 Å². The van der Waals surface area contributed by atoms with Crippen LogP contribution in [0.1, 0.15) is 29.2 Å². The maximum atomic E-state index is 12.4. The number of nitrogens with zero attached hydrogens (tertiary/aromatic N) is 1. The maximum Gasteiger partial charge on any atom is 0.137 e. The lowest BCUT2D eigenvalue weighted by molar-refractivity contribution is -0.113. The van der Waals surface area contributed by atoms with Crippen LogP contribution >= 0.6 is 0 Å². The summed E-state index contributed by atoms with van der Waals surface area (Å²) in [5, 5.41) is 0. The highest BCUT2D eigenvalue weighted by atomic mass is 16.1. The van der Waals surface area contributed by atoms with Crippen LogP contribution in [0.2, 0.25) is 0 Å². The van der Waals surface area contributed by atoms with E-state index in [-0.39, 0.29) is 12.1 Å². The third-order valence-electron chi connectivity index (χ3n) is 6.54. The van der Waals surface area contributed by atoms with Crippen molar-refractivity contribution in [1.82, 2.24) is 4.90 Å². The highest BCUT2D eigenvalue weighted by Crippen LogP contribution is 2.51. The van der Waals surface area contributed by atoms with E-state index in [0.29, 0.717) is 13.0 Å². The third kappa shape index (κ3) is 3.94. The molecule has 0 amide bonds. The van der Waals surface area contributed by atoms with Crippen LogP contribution < -0.4 is 0 Å². The molecule has 0 bridgehead atoms. The van der Waals surface area contributed by atoms with E-state index in [9.17, 15) is 4.79 Å². The van der Waals surface area contributed by atoms with E-state index in [4.69, 9.17) is 0 Å². The molecule has 4 aromatic carbocycles. The first-order valence-corrected chi connectivity index (χ1v) is 11.5. The first-order valence-electron chi connectivity index (χ1n) is 11.5. The molecule has 0 fully saturated rings. The molecule has 2 atom stereocenters. The Morgan fingerprint density at radius 1 is 0.758 bits per heavy atom. The van der Waals surface area contributed by atoms with Crippen molar-refractivity contribution in [3.63, 3.8) is 0 Å². The third-order valence-corrected chi connectivity index (χ3v) is 6.54. The van der Waals surface area contributed by atoms with Crippen LogP contribution in [0, 0.1) is 0 Å². The number of carbonyl (C=O) groups is 1. The summed E-state index contributed by atoms with van der Waals surface area (Å²) in [6.07, 6.45) is 3.54. The summed E-state index contributed by atoms with van der Waals surface area (Å²) in [4.78, 5) is 14.7. The number of hydrogen-bond acceptors (Lipinski definition) is 2. The van der Waals surface area contributed by atoms with Gasteiger partial charge in [0, 0.05) is 6.54 Å². The molecule has 1 aliphatic carbocycles. The van der Waals surface area contributed by atoms with Gasteiger partial charge in [0.15, 0.2) is 0 Å². The molecule has 4 aromatic rings. The molecule has 0 heterocycles. The monoisotopic (exact) mass is 429 g/mol. The minimum Gasteiger partial charge on any atom is -0.302 e. The molecule has 0 aromatic heterocycles. The van der Waals surface area contributed by atoms with Gasteiger partial charge in [-0.2, -0.15) is 0 Å². The molecule has 0 spiro atoms. The average molecular weight is 430 g/mol. The normalized spacial score (nSPS) is 15.0. The Labute approximate surface area is 195 Å². The fourth-order valence-electron chi connectivity index (χ4n) is 5.08. The second-order valence-corrected chi connectivity index (χ2v) is 8.51. The summed E-state index contributed by atoms with van der Waals surface area (Å²) in [5.41, 5.74) is 8.62. The Bertz CT molecular complexity index is 1260. The molecule has 2 unspecified atom stereocenters. The maximum absolute atomic E-state index is 12.4. The van der Waals surface area contributed by atoms with E-state index in [1.807, 2.05) is 18.2 Å². The topological polar surface area (TPSA) is 20.3 Å². The minimum atomic E-state index is -0.268. The van der Waals surface area contributed by atoms with Crippen LogP contribution in [0.4, 0.5) is 0 Å². The molecular formula is C31H27NO. The van der Waals surface area contributed by atoms with Crippen molar-refractivity contribution in [2.45, 2.75) is 25.0 Å². The van der Waals surface area contributed by atoms with Crippen molar-refractivity contribution in [3.8, 4) is 22.3 Å². The zero-order valence-electron chi connectivity index (χ0n) is 18.6. The van der Waals surface area contributed by atoms with Gasteiger partial charge in [0.05, 0.1) is 12.1 Å². The molecule has 0 saturated heterocycles. The van der Waals surface area contributed by atoms with Crippen LogP contribution in [-0.4, -0.2) is 17.2 Å². The molecule has 0 saturated carbocycles. The molecule has 33 heavy (non-hydrogen) atoms. The number of aldehydes is 1. The number of rotatable bonds is 8. The Morgan fingerprint density at radius 2 is 1.39 bits per heavy atom. The Kier molecular flexibility index (Phi) is 6.01. The smallest absolute Gasteiger partial charge is 0.137 e. The number of hydrogen-bond donors (Lipinski definition) is 0. The van der Waals surface area contributed by atoms with Gasteiger partial charge in [0.2, 0.25) is 0 Å². The standard InChI is InChI=1S/C31H27NO/c1-2-12-25(22-33)32(21-23-13-5-3-6-14-23)31-29-18-10-9-17-27(29)28-20-11-19-26(30(28)31)24-15-7-4-8-16-24/h2-11,13-20,22,25,31H,1,12,21H2. The molecule has 162 valence electrons. The van der Waals surface area contributed by atoms with Crippen molar-refractivity contribution in [2.24, 2.45) is 0 Å². The fourth-order valence-corrected chi connectivity index (χ4v) is 5.08. The second-order valence-electron chi connectivity index (χ2n) is 8.51. The number of carbonyl (C=O) groups excluding carboxylic acids is 1. The molecule has 0 radical (unpaired) electrons. The Hall–Kier alpha value is -3.75. The van der Waals surface area contributed by atoms with Gasteiger partial charge < -0.3 is 4.79 Å². The summed E-state index contributed by atoms with van der Waals surface area (Å²) in [7, 11) is 0. The van der Waals surface area contributed by atoms with Crippen molar-refractivity contribution in [1.29, 1.82) is 0 Å². The van der Waals surface area contributed by atoms with Crippen LogP contribution in [0.3, 0.4) is 0 Å². The number of fused-ring (bicyclic) bond motifs is 3. The average Bonchev–Trinajstić information content (AvgIpc) is 3.22. The van der Waals surface area contributed by atoms with Crippen LogP contribution in [0.5, 0.6) is 0 Å². The molecule has 5 rings (SSSR count).